The second kappa shape index (κ2) is 6.48. The molecule has 3 aromatic rings. The number of anilines is 1. The van der Waals surface area contributed by atoms with Gasteiger partial charge in [-0.05, 0) is 31.2 Å². The molecular formula is C22H17NO3. The summed E-state index contributed by atoms with van der Waals surface area (Å²) in [4.78, 5) is 27.5. The summed E-state index contributed by atoms with van der Waals surface area (Å²) >= 11 is 0. The number of carbonyl (C=O) groups is 2. The average Bonchev–Trinajstić information content (AvgIpc) is 2.68. The lowest BCUT2D eigenvalue weighted by Gasteiger charge is -2.33. The second-order valence-corrected chi connectivity index (χ2v) is 6.22. The maximum atomic E-state index is 13.2. The molecule has 128 valence electrons. The molecule has 1 heterocycles. The largest absolute Gasteiger partial charge is 0.474 e. The van der Waals surface area contributed by atoms with E-state index in [1.54, 1.807) is 30.3 Å². The highest BCUT2D eigenvalue weighted by Crippen LogP contribution is 2.39. The van der Waals surface area contributed by atoms with Gasteiger partial charge in [0.1, 0.15) is 5.75 Å². The van der Waals surface area contributed by atoms with Crippen LogP contribution >= 0.6 is 0 Å². The summed E-state index contributed by atoms with van der Waals surface area (Å²) in [5.41, 5.74) is 2.70. The van der Waals surface area contributed by atoms with Gasteiger partial charge in [0.15, 0.2) is 0 Å². The zero-order valence-electron chi connectivity index (χ0n) is 14.3. The molecule has 0 aromatic heterocycles. The molecule has 1 aliphatic rings. The molecule has 1 unspecified atom stereocenters. The SMILES string of the molecule is Cc1ccc(C(=O)N2C(=O)C(c3ccccc3)Oc3ccccc32)cc1. The smallest absolute Gasteiger partial charge is 0.279 e. The second-order valence-electron chi connectivity index (χ2n) is 6.22. The lowest BCUT2D eigenvalue weighted by molar-refractivity contribution is -0.125. The topological polar surface area (TPSA) is 46.6 Å². The first kappa shape index (κ1) is 16.1. The maximum absolute atomic E-state index is 13.2. The summed E-state index contributed by atoms with van der Waals surface area (Å²) in [5, 5.41) is 0. The van der Waals surface area contributed by atoms with Crippen molar-refractivity contribution in [2.45, 2.75) is 13.0 Å². The molecule has 0 fully saturated rings. The van der Waals surface area contributed by atoms with E-state index in [9.17, 15) is 9.59 Å². The van der Waals surface area contributed by atoms with Gasteiger partial charge in [0, 0.05) is 11.1 Å². The number of imide groups is 1. The minimum Gasteiger partial charge on any atom is -0.474 e. The van der Waals surface area contributed by atoms with Crippen LogP contribution in [0.3, 0.4) is 0 Å². The number of amides is 2. The third-order valence-electron chi connectivity index (χ3n) is 4.40. The molecule has 26 heavy (non-hydrogen) atoms. The molecule has 0 saturated carbocycles. The molecule has 0 saturated heterocycles. The molecule has 3 aromatic carbocycles. The highest BCUT2D eigenvalue weighted by molar-refractivity contribution is 6.23. The van der Waals surface area contributed by atoms with Crippen molar-refractivity contribution in [2.24, 2.45) is 0 Å². The Hall–Kier alpha value is -3.40. The molecule has 0 bridgehead atoms. The van der Waals surface area contributed by atoms with E-state index in [4.69, 9.17) is 4.74 Å². The van der Waals surface area contributed by atoms with Crippen LogP contribution in [0.25, 0.3) is 0 Å². The number of rotatable bonds is 2. The molecule has 4 rings (SSSR count). The maximum Gasteiger partial charge on any atom is 0.279 e. The highest BCUT2D eigenvalue weighted by Gasteiger charge is 2.39. The van der Waals surface area contributed by atoms with Crippen LogP contribution in [0.1, 0.15) is 27.6 Å². The number of hydrogen-bond donors (Lipinski definition) is 0. The van der Waals surface area contributed by atoms with Gasteiger partial charge in [0.05, 0.1) is 5.69 Å². The van der Waals surface area contributed by atoms with E-state index in [0.29, 0.717) is 22.6 Å². The molecule has 0 radical (unpaired) electrons. The fourth-order valence-corrected chi connectivity index (χ4v) is 3.03. The zero-order chi connectivity index (χ0) is 18.1. The van der Waals surface area contributed by atoms with Crippen molar-refractivity contribution in [1.29, 1.82) is 0 Å². The van der Waals surface area contributed by atoms with Gasteiger partial charge in [-0.25, -0.2) is 4.90 Å². The van der Waals surface area contributed by atoms with Crippen molar-refractivity contribution in [3.8, 4) is 5.75 Å². The predicted molar refractivity (Wildman–Crippen MR) is 99.2 cm³/mol. The average molecular weight is 343 g/mol. The molecule has 1 aliphatic heterocycles. The molecular weight excluding hydrogens is 326 g/mol. The van der Waals surface area contributed by atoms with Gasteiger partial charge in [0.2, 0.25) is 6.10 Å². The van der Waals surface area contributed by atoms with Crippen LogP contribution < -0.4 is 9.64 Å². The number of ether oxygens (including phenoxy) is 1. The predicted octanol–water partition coefficient (Wildman–Crippen LogP) is 4.30. The summed E-state index contributed by atoms with van der Waals surface area (Å²) in [6.45, 7) is 1.95. The van der Waals surface area contributed by atoms with Crippen molar-refractivity contribution < 1.29 is 14.3 Å². The summed E-state index contributed by atoms with van der Waals surface area (Å²) in [6.07, 6.45) is -0.847. The first-order valence-corrected chi connectivity index (χ1v) is 8.41. The number of nitrogens with zero attached hydrogens (tertiary/aromatic N) is 1. The van der Waals surface area contributed by atoms with E-state index >= 15 is 0 Å². The number of benzene rings is 3. The summed E-state index contributed by atoms with van der Waals surface area (Å²) < 4.78 is 5.92. The third kappa shape index (κ3) is 2.75. The number of para-hydroxylation sites is 2. The van der Waals surface area contributed by atoms with E-state index in [1.165, 1.54) is 4.90 Å². The number of aryl methyl sites for hydroxylation is 1. The molecule has 1 atom stereocenters. The highest BCUT2D eigenvalue weighted by atomic mass is 16.5. The van der Waals surface area contributed by atoms with Crippen LogP contribution in [0.15, 0.2) is 78.9 Å². The molecule has 4 heteroatoms. The fraction of sp³-hybridized carbons (Fsp3) is 0.0909. The van der Waals surface area contributed by atoms with Crippen LogP contribution in [0.4, 0.5) is 5.69 Å². The Morgan fingerprint density at radius 1 is 0.885 bits per heavy atom. The van der Waals surface area contributed by atoms with E-state index in [2.05, 4.69) is 0 Å². The monoisotopic (exact) mass is 343 g/mol. The van der Waals surface area contributed by atoms with E-state index < -0.39 is 6.10 Å². The van der Waals surface area contributed by atoms with Crippen LogP contribution in [0.5, 0.6) is 5.75 Å². The van der Waals surface area contributed by atoms with Gasteiger partial charge in [-0.15, -0.1) is 0 Å². The Labute approximate surface area is 151 Å². The number of hydrogen-bond acceptors (Lipinski definition) is 3. The summed E-state index contributed by atoms with van der Waals surface area (Å²) in [6, 6.07) is 23.5. The van der Waals surface area contributed by atoms with Crippen molar-refractivity contribution in [1.82, 2.24) is 0 Å². The molecule has 0 aliphatic carbocycles. The Kier molecular flexibility index (Phi) is 4.01. The van der Waals surface area contributed by atoms with Crippen molar-refractivity contribution >= 4 is 17.5 Å². The van der Waals surface area contributed by atoms with Gasteiger partial charge in [-0.1, -0.05) is 60.2 Å². The van der Waals surface area contributed by atoms with Gasteiger partial charge >= 0.3 is 0 Å². The lowest BCUT2D eigenvalue weighted by Crippen LogP contribution is -2.45. The third-order valence-corrected chi connectivity index (χ3v) is 4.40. The first-order valence-electron chi connectivity index (χ1n) is 8.41. The number of fused-ring (bicyclic) bond motifs is 1. The van der Waals surface area contributed by atoms with Crippen molar-refractivity contribution in [3.63, 3.8) is 0 Å². The lowest BCUT2D eigenvalue weighted by atomic mass is 10.0. The quantitative estimate of drug-likeness (QED) is 0.652. The fourth-order valence-electron chi connectivity index (χ4n) is 3.03. The molecule has 0 spiro atoms. The number of carbonyl (C=O) groups excluding carboxylic acids is 2. The van der Waals surface area contributed by atoms with Crippen LogP contribution in [-0.2, 0) is 4.79 Å². The van der Waals surface area contributed by atoms with Crippen molar-refractivity contribution in [2.75, 3.05) is 4.90 Å². The van der Waals surface area contributed by atoms with Gasteiger partial charge in [-0.3, -0.25) is 9.59 Å². The Balaban J connectivity index is 1.80. The van der Waals surface area contributed by atoms with E-state index in [-0.39, 0.29) is 11.8 Å². The minimum atomic E-state index is -0.847. The normalized spacial score (nSPS) is 16.0. The van der Waals surface area contributed by atoms with E-state index in [1.807, 2.05) is 55.5 Å². The van der Waals surface area contributed by atoms with Crippen molar-refractivity contribution in [3.05, 3.63) is 95.6 Å². The van der Waals surface area contributed by atoms with Crippen LogP contribution in [0.2, 0.25) is 0 Å². The van der Waals surface area contributed by atoms with Gasteiger partial charge in [0.25, 0.3) is 11.8 Å². The van der Waals surface area contributed by atoms with E-state index in [0.717, 1.165) is 5.56 Å². The Morgan fingerprint density at radius 3 is 2.27 bits per heavy atom. The summed E-state index contributed by atoms with van der Waals surface area (Å²) in [7, 11) is 0. The standard InChI is InChI=1S/C22H17NO3/c1-15-11-13-17(14-12-15)21(24)23-18-9-5-6-10-19(18)26-20(22(23)25)16-7-3-2-4-8-16/h2-14,20H,1H3. The molecule has 4 nitrogen and oxygen atoms in total. The Bertz CT molecular complexity index is 964. The summed E-state index contributed by atoms with van der Waals surface area (Å²) in [5.74, 6) is -0.228. The minimum absolute atomic E-state index is 0.355. The Morgan fingerprint density at radius 2 is 1.54 bits per heavy atom. The first-order chi connectivity index (χ1) is 12.6. The van der Waals surface area contributed by atoms with Crippen LogP contribution in [-0.4, -0.2) is 11.8 Å². The van der Waals surface area contributed by atoms with Gasteiger partial charge in [-0.2, -0.15) is 0 Å². The molecule has 0 N–H and O–H groups in total. The van der Waals surface area contributed by atoms with Gasteiger partial charge < -0.3 is 4.74 Å². The van der Waals surface area contributed by atoms with Crippen LogP contribution in [0, 0.1) is 6.92 Å². The molecule has 2 amide bonds. The zero-order valence-corrected chi connectivity index (χ0v) is 14.3.